The molecule has 23 heavy (non-hydrogen) atoms. The van der Waals surface area contributed by atoms with Gasteiger partial charge in [0.15, 0.2) is 0 Å². The van der Waals surface area contributed by atoms with Gasteiger partial charge in [0.25, 0.3) is 0 Å². The van der Waals surface area contributed by atoms with E-state index in [2.05, 4.69) is 31.0 Å². The molecule has 136 valence electrons. The minimum Gasteiger partial charge on any atom is -0.479 e. The molecule has 0 aromatic rings. The predicted molar refractivity (Wildman–Crippen MR) is 91.7 cm³/mol. The van der Waals surface area contributed by atoms with Crippen molar-refractivity contribution in [2.45, 2.75) is 71.8 Å². The van der Waals surface area contributed by atoms with Gasteiger partial charge < -0.3 is 20.1 Å². The topological polar surface area (TPSA) is 78.9 Å². The second kappa shape index (κ2) is 14.3. The summed E-state index contributed by atoms with van der Waals surface area (Å²) in [6.07, 6.45) is 5.14. The number of aliphatic carboxylic acids is 1. The van der Waals surface area contributed by atoms with Crippen LogP contribution in [0.15, 0.2) is 0 Å². The van der Waals surface area contributed by atoms with E-state index in [1.807, 2.05) is 0 Å². The number of unbranched alkanes of at least 4 members (excludes halogenated alkanes) is 5. The molecule has 0 aromatic heterocycles. The van der Waals surface area contributed by atoms with Gasteiger partial charge in [-0.3, -0.25) is 0 Å². The molecule has 0 heterocycles. The maximum Gasteiger partial charge on any atom is 0.408 e. The molecular formula is C17H34N2O4. The number of carboxylic acid groups (broad SMARTS) is 1. The van der Waals surface area contributed by atoms with Gasteiger partial charge >= 0.3 is 12.1 Å². The summed E-state index contributed by atoms with van der Waals surface area (Å²) in [5.74, 6) is -1.07. The maximum absolute atomic E-state index is 11.7. The van der Waals surface area contributed by atoms with Crippen LogP contribution in [0.5, 0.6) is 0 Å². The van der Waals surface area contributed by atoms with Gasteiger partial charge in [0.05, 0.1) is 0 Å². The highest BCUT2D eigenvalue weighted by atomic mass is 16.6. The average molecular weight is 330 g/mol. The van der Waals surface area contributed by atoms with Gasteiger partial charge in [-0.1, -0.05) is 52.9 Å². The normalized spacial score (nSPS) is 12.2. The number of ether oxygens (including phenoxy) is 1. The first kappa shape index (κ1) is 21.7. The van der Waals surface area contributed by atoms with Gasteiger partial charge in [-0.2, -0.15) is 0 Å². The monoisotopic (exact) mass is 330 g/mol. The average Bonchev–Trinajstić information content (AvgIpc) is 2.53. The van der Waals surface area contributed by atoms with Crippen molar-refractivity contribution in [3.8, 4) is 0 Å². The van der Waals surface area contributed by atoms with Crippen molar-refractivity contribution in [3.05, 3.63) is 0 Å². The Morgan fingerprint density at radius 3 is 2.22 bits per heavy atom. The largest absolute Gasteiger partial charge is 0.479 e. The number of hydrogen-bond acceptors (Lipinski definition) is 4. The third-order valence-corrected chi connectivity index (χ3v) is 3.94. The van der Waals surface area contributed by atoms with E-state index in [-0.39, 0.29) is 0 Å². The Morgan fingerprint density at radius 1 is 1.04 bits per heavy atom. The van der Waals surface area contributed by atoms with E-state index < -0.39 is 18.2 Å². The predicted octanol–water partition coefficient (Wildman–Crippen LogP) is 3.26. The second-order valence-corrected chi connectivity index (χ2v) is 5.74. The number of likely N-dealkylation sites (N-methyl/N-ethyl adjacent to an activating group) is 1. The van der Waals surface area contributed by atoms with Crippen LogP contribution in [-0.4, -0.2) is 54.4 Å². The van der Waals surface area contributed by atoms with Crippen molar-refractivity contribution >= 4 is 12.1 Å². The van der Waals surface area contributed by atoms with Crippen LogP contribution < -0.4 is 5.32 Å². The molecule has 2 N–H and O–H groups in total. The Bertz CT molecular complexity index is 320. The molecule has 1 amide bonds. The number of rotatable bonds is 14. The molecule has 0 saturated heterocycles. The first-order valence-electron chi connectivity index (χ1n) is 8.94. The fourth-order valence-corrected chi connectivity index (χ4v) is 2.37. The van der Waals surface area contributed by atoms with Crippen molar-refractivity contribution in [1.82, 2.24) is 10.2 Å². The summed E-state index contributed by atoms with van der Waals surface area (Å²) in [6.45, 7) is 9.31. The smallest absolute Gasteiger partial charge is 0.408 e. The summed E-state index contributed by atoms with van der Waals surface area (Å²) in [5, 5.41) is 11.8. The van der Waals surface area contributed by atoms with Crippen LogP contribution in [-0.2, 0) is 9.53 Å². The standard InChI is InChI=1S/C17H34N2O4/c1-4-7-8-9-10-11-12-15(16(20)21)23-17(22)18-13-14-19(5-2)6-3/h15H,4-14H2,1-3H3,(H,18,22)(H,20,21). The summed E-state index contributed by atoms with van der Waals surface area (Å²) in [7, 11) is 0. The molecule has 1 unspecified atom stereocenters. The van der Waals surface area contributed by atoms with Gasteiger partial charge in [0, 0.05) is 13.1 Å². The highest BCUT2D eigenvalue weighted by molar-refractivity contribution is 5.77. The Balaban J connectivity index is 3.92. The van der Waals surface area contributed by atoms with Crippen LogP contribution in [0.25, 0.3) is 0 Å². The minimum atomic E-state index is -1.07. The lowest BCUT2D eigenvalue weighted by Crippen LogP contribution is -2.38. The molecule has 6 nitrogen and oxygen atoms in total. The van der Waals surface area contributed by atoms with E-state index in [0.717, 1.165) is 38.9 Å². The van der Waals surface area contributed by atoms with Crippen LogP contribution in [0.2, 0.25) is 0 Å². The minimum absolute atomic E-state index is 0.380. The van der Waals surface area contributed by atoms with Crippen LogP contribution >= 0.6 is 0 Å². The molecule has 0 aliphatic carbocycles. The summed E-state index contributed by atoms with van der Waals surface area (Å²) < 4.78 is 5.02. The Morgan fingerprint density at radius 2 is 1.65 bits per heavy atom. The number of amides is 1. The summed E-state index contributed by atoms with van der Waals surface area (Å²) in [4.78, 5) is 25.0. The van der Waals surface area contributed by atoms with Gasteiger partial charge in [-0.15, -0.1) is 0 Å². The van der Waals surface area contributed by atoms with Gasteiger partial charge in [-0.05, 0) is 25.9 Å². The lowest BCUT2D eigenvalue weighted by molar-refractivity contribution is -0.147. The number of nitrogens with one attached hydrogen (secondary N) is 1. The SMILES string of the molecule is CCCCCCCCC(OC(=O)NCCN(CC)CC)C(=O)O. The molecule has 0 bridgehead atoms. The first-order chi connectivity index (χ1) is 11.0. The van der Waals surface area contributed by atoms with Crippen molar-refractivity contribution in [1.29, 1.82) is 0 Å². The molecule has 0 fully saturated rings. The second-order valence-electron chi connectivity index (χ2n) is 5.74. The van der Waals surface area contributed by atoms with Crippen LogP contribution in [0.1, 0.15) is 65.7 Å². The molecular weight excluding hydrogens is 296 g/mol. The van der Waals surface area contributed by atoms with E-state index in [9.17, 15) is 9.59 Å². The van der Waals surface area contributed by atoms with Crippen LogP contribution in [0.4, 0.5) is 4.79 Å². The van der Waals surface area contributed by atoms with Crippen molar-refractivity contribution < 1.29 is 19.4 Å². The van der Waals surface area contributed by atoms with Crippen LogP contribution in [0.3, 0.4) is 0 Å². The van der Waals surface area contributed by atoms with Gasteiger partial charge in [0.2, 0.25) is 6.10 Å². The van der Waals surface area contributed by atoms with Crippen molar-refractivity contribution in [2.24, 2.45) is 0 Å². The number of nitrogens with zero attached hydrogens (tertiary/aromatic N) is 1. The number of hydrogen-bond donors (Lipinski definition) is 2. The highest BCUT2D eigenvalue weighted by Crippen LogP contribution is 2.11. The third-order valence-electron chi connectivity index (χ3n) is 3.94. The van der Waals surface area contributed by atoms with Crippen LogP contribution in [0, 0.1) is 0 Å². The molecule has 0 aromatic carbocycles. The maximum atomic E-state index is 11.7. The van der Waals surface area contributed by atoms with Crippen molar-refractivity contribution in [2.75, 3.05) is 26.2 Å². The fourth-order valence-electron chi connectivity index (χ4n) is 2.37. The third kappa shape index (κ3) is 11.9. The fraction of sp³-hybridized carbons (Fsp3) is 0.882. The van der Waals surface area contributed by atoms with E-state index in [0.29, 0.717) is 13.0 Å². The summed E-state index contributed by atoms with van der Waals surface area (Å²) in [5.41, 5.74) is 0. The van der Waals surface area contributed by atoms with E-state index in [1.165, 1.54) is 19.3 Å². The van der Waals surface area contributed by atoms with E-state index >= 15 is 0 Å². The highest BCUT2D eigenvalue weighted by Gasteiger charge is 2.21. The molecule has 1 atom stereocenters. The number of carboxylic acids is 1. The Labute approximate surface area is 140 Å². The zero-order valence-electron chi connectivity index (χ0n) is 15.0. The lowest BCUT2D eigenvalue weighted by atomic mass is 10.1. The Kier molecular flexibility index (Phi) is 13.5. The summed E-state index contributed by atoms with van der Waals surface area (Å²) >= 11 is 0. The molecule has 0 aliphatic heterocycles. The molecule has 0 spiro atoms. The zero-order chi connectivity index (χ0) is 17.5. The van der Waals surface area contributed by atoms with E-state index in [4.69, 9.17) is 9.84 Å². The number of carbonyl (C=O) groups is 2. The first-order valence-corrected chi connectivity index (χ1v) is 8.94. The molecule has 6 heteroatoms. The quantitative estimate of drug-likeness (QED) is 0.478. The van der Waals surface area contributed by atoms with Gasteiger partial charge in [0.1, 0.15) is 0 Å². The molecule has 0 saturated carbocycles. The zero-order valence-corrected chi connectivity index (χ0v) is 15.0. The van der Waals surface area contributed by atoms with Crippen molar-refractivity contribution in [3.63, 3.8) is 0 Å². The lowest BCUT2D eigenvalue weighted by Gasteiger charge is -2.19. The number of alkyl carbamates (subject to hydrolysis) is 1. The van der Waals surface area contributed by atoms with E-state index in [1.54, 1.807) is 0 Å². The van der Waals surface area contributed by atoms with Gasteiger partial charge in [-0.25, -0.2) is 9.59 Å². The molecule has 0 aliphatic rings. The molecule has 0 radical (unpaired) electrons. The Hall–Kier alpha value is -1.30. The number of carbonyl (C=O) groups excluding carboxylic acids is 1. The summed E-state index contributed by atoms with van der Waals surface area (Å²) in [6, 6.07) is 0. The molecule has 0 rings (SSSR count).